The molecule has 5 heteroatoms. The van der Waals surface area contributed by atoms with Crippen molar-refractivity contribution in [2.45, 2.75) is 18.9 Å². The summed E-state index contributed by atoms with van der Waals surface area (Å²) < 4.78 is 10.7. The molecule has 0 amide bonds. The molecule has 0 saturated carbocycles. The maximum absolute atomic E-state index is 5.46. The normalized spacial score (nSPS) is 12.5. The molecule has 102 valence electrons. The summed E-state index contributed by atoms with van der Waals surface area (Å²) in [4.78, 5) is 4.40. The number of aromatic nitrogens is 2. The molecule has 2 rings (SSSR count). The van der Waals surface area contributed by atoms with Gasteiger partial charge in [0, 0.05) is 13.5 Å². The van der Waals surface area contributed by atoms with Crippen LogP contribution in [-0.2, 0) is 11.2 Å². The van der Waals surface area contributed by atoms with Gasteiger partial charge in [0.2, 0.25) is 11.7 Å². The Kier molecular flexibility index (Phi) is 5.06. The maximum atomic E-state index is 5.46. The topological polar surface area (TPSA) is 60.2 Å². The molecule has 0 radical (unpaired) electrons. The predicted molar refractivity (Wildman–Crippen MR) is 71.8 cm³/mol. The highest BCUT2D eigenvalue weighted by molar-refractivity contribution is 5.22. The molecule has 1 heterocycles. The largest absolute Gasteiger partial charge is 0.369 e. The molecule has 0 saturated heterocycles. The van der Waals surface area contributed by atoms with Crippen LogP contribution in [0.5, 0.6) is 0 Å². The van der Waals surface area contributed by atoms with Crippen molar-refractivity contribution in [1.82, 2.24) is 15.5 Å². The minimum absolute atomic E-state index is 0.275. The average Bonchev–Trinajstić information content (AvgIpc) is 2.90. The van der Waals surface area contributed by atoms with E-state index in [0.29, 0.717) is 11.7 Å². The van der Waals surface area contributed by atoms with Crippen molar-refractivity contribution in [2.75, 3.05) is 20.7 Å². The lowest BCUT2D eigenvalue weighted by Crippen LogP contribution is -2.08. The summed E-state index contributed by atoms with van der Waals surface area (Å²) in [5.74, 6) is 1.23. The zero-order chi connectivity index (χ0) is 13.5. The molecule has 2 aromatic rings. The third kappa shape index (κ3) is 3.62. The molecule has 0 bridgehead atoms. The van der Waals surface area contributed by atoms with Gasteiger partial charge in [-0.1, -0.05) is 35.5 Å². The Balaban J connectivity index is 2.07. The highest BCUT2D eigenvalue weighted by Gasteiger charge is 2.19. The lowest BCUT2D eigenvalue weighted by atomic mass is 10.1. The van der Waals surface area contributed by atoms with Gasteiger partial charge in [0.1, 0.15) is 6.10 Å². The zero-order valence-electron chi connectivity index (χ0n) is 11.3. The lowest BCUT2D eigenvalue weighted by Gasteiger charge is -2.10. The molecule has 0 aliphatic rings. The Morgan fingerprint density at radius 1 is 1.32 bits per heavy atom. The molecule has 0 aliphatic carbocycles. The summed E-state index contributed by atoms with van der Waals surface area (Å²) in [6, 6.07) is 9.89. The first-order valence-electron chi connectivity index (χ1n) is 6.40. The van der Waals surface area contributed by atoms with Crippen molar-refractivity contribution < 1.29 is 9.26 Å². The number of ether oxygens (including phenoxy) is 1. The van der Waals surface area contributed by atoms with Gasteiger partial charge in [0.05, 0.1) is 0 Å². The number of rotatable bonds is 7. The van der Waals surface area contributed by atoms with E-state index in [1.807, 2.05) is 37.4 Å². The second-order valence-electron chi connectivity index (χ2n) is 4.28. The molecular weight excluding hydrogens is 242 g/mol. The molecule has 1 unspecified atom stereocenters. The monoisotopic (exact) mass is 261 g/mol. The number of nitrogens with zero attached hydrogens (tertiary/aromatic N) is 2. The van der Waals surface area contributed by atoms with Crippen LogP contribution >= 0.6 is 0 Å². The first-order chi connectivity index (χ1) is 9.35. The number of methoxy groups -OCH3 is 1. The van der Waals surface area contributed by atoms with Gasteiger partial charge >= 0.3 is 0 Å². The number of hydrogen-bond donors (Lipinski definition) is 1. The first-order valence-corrected chi connectivity index (χ1v) is 6.40. The van der Waals surface area contributed by atoms with E-state index >= 15 is 0 Å². The van der Waals surface area contributed by atoms with Crippen LogP contribution < -0.4 is 5.32 Å². The van der Waals surface area contributed by atoms with Gasteiger partial charge in [-0.25, -0.2) is 0 Å². The Labute approximate surface area is 113 Å². The lowest BCUT2D eigenvalue weighted by molar-refractivity contribution is 0.126. The molecule has 0 aliphatic heterocycles. The Morgan fingerprint density at radius 3 is 2.79 bits per heavy atom. The molecule has 5 nitrogen and oxygen atoms in total. The van der Waals surface area contributed by atoms with E-state index in [9.17, 15) is 0 Å². The molecule has 1 N–H and O–H groups in total. The summed E-state index contributed by atoms with van der Waals surface area (Å²) in [6.07, 6.45) is 1.48. The van der Waals surface area contributed by atoms with Gasteiger partial charge in [-0.3, -0.25) is 0 Å². The number of nitrogens with one attached hydrogen (secondary N) is 1. The Bertz CT molecular complexity index is 484. The SMILES string of the molecule is CNCCCc1nc(C(OC)c2ccccc2)no1. The van der Waals surface area contributed by atoms with Gasteiger partial charge in [-0.05, 0) is 25.6 Å². The number of aryl methyl sites for hydroxylation is 1. The van der Waals surface area contributed by atoms with E-state index in [2.05, 4.69) is 15.5 Å². The fraction of sp³-hybridized carbons (Fsp3) is 0.429. The van der Waals surface area contributed by atoms with Gasteiger partial charge in [0.15, 0.2) is 0 Å². The summed E-state index contributed by atoms with van der Waals surface area (Å²) >= 11 is 0. The predicted octanol–water partition coefficient (Wildman–Crippen LogP) is 1.96. The van der Waals surface area contributed by atoms with Gasteiger partial charge in [0.25, 0.3) is 0 Å². The molecule has 0 fully saturated rings. The van der Waals surface area contributed by atoms with E-state index < -0.39 is 0 Å². The van der Waals surface area contributed by atoms with Crippen LogP contribution in [-0.4, -0.2) is 30.8 Å². The fourth-order valence-corrected chi connectivity index (χ4v) is 1.91. The van der Waals surface area contributed by atoms with Crippen LogP contribution in [0.25, 0.3) is 0 Å². The van der Waals surface area contributed by atoms with Crippen LogP contribution in [0.2, 0.25) is 0 Å². The van der Waals surface area contributed by atoms with Crippen molar-refractivity contribution >= 4 is 0 Å². The number of benzene rings is 1. The van der Waals surface area contributed by atoms with Crippen molar-refractivity contribution in [3.05, 3.63) is 47.6 Å². The van der Waals surface area contributed by atoms with Crippen LogP contribution in [0.15, 0.2) is 34.9 Å². The molecule has 0 spiro atoms. The van der Waals surface area contributed by atoms with E-state index in [1.54, 1.807) is 7.11 Å². The minimum atomic E-state index is -0.275. The second-order valence-corrected chi connectivity index (χ2v) is 4.28. The van der Waals surface area contributed by atoms with E-state index in [4.69, 9.17) is 9.26 Å². The molecule has 1 aromatic carbocycles. The summed E-state index contributed by atoms with van der Waals surface area (Å²) in [5.41, 5.74) is 1.02. The van der Waals surface area contributed by atoms with E-state index in [1.165, 1.54) is 0 Å². The standard InChI is InChI=1S/C14H19N3O2/c1-15-10-6-9-12-16-14(17-19-12)13(18-2)11-7-4-3-5-8-11/h3-5,7-8,13,15H,6,9-10H2,1-2H3. The third-order valence-corrected chi connectivity index (χ3v) is 2.87. The fourth-order valence-electron chi connectivity index (χ4n) is 1.91. The third-order valence-electron chi connectivity index (χ3n) is 2.87. The van der Waals surface area contributed by atoms with Crippen LogP contribution in [0.4, 0.5) is 0 Å². The maximum Gasteiger partial charge on any atom is 0.226 e. The molecular formula is C14H19N3O2. The summed E-state index contributed by atoms with van der Waals surface area (Å²) in [5, 5.41) is 7.10. The van der Waals surface area contributed by atoms with E-state index in [-0.39, 0.29) is 6.10 Å². The summed E-state index contributed by atoms with van der Waals surface area (Å²) in [7, 11) is 3.57. The van der Waals surface area contributed by atoms with Gasteiger partial charge in [-0.2, -0.15) is 4.98 Å². The molecule has 19 heavy (non-hydrogen) atoms. The van der Waals surface area contributed by atoms with Crippen LogP contribution in [0.1, 0.15) is 29.8 Å². The first kappa shape index (κ1) is 13.7. The quantitative estimate of drug-likeness (QED) is 0.772. The average molecular weight is 261 g/mol. The smallest absolute Gasteiger partial charge is 0.226 e. The van der Waals surface area contributed by atoms with Crippen molar-refractivity contribution in [3.8, 4) is 0 Å². The van der Waals surface area contributed by atoms with Gasteiger partial charge < -0.3 is 14.6 Å². The summed E-state index contributed by atoms with van der Waals surface area (Å²) in [6.45, 7) is 0.935. The molecule has 1 aromatic heterocycles. The highest BCUT2D eigenvalue weighted by atomic mass is 16.5. The van der Waals surface area contributed by atoms with Gasteiger partial charge in [-0.15, -0.1) is 0 Å². The Morgan fingerprint density at radius 2 is 2.11 bits per heavy atom. The van der Waals surface area contributed by atoms with Crippen molar-refractivity contribution in [1.29, 1.82) is 0 Å². The van der Waals surface area contributed by atoms with Crippen molar-refractivity contribution in [3.63, 3.8) is 0 Å². The van der Waals surface area contributed by atoms with Crippen LogP contribution in [0.3, 0.4) is 0 Å². The van der Waals surface area contributed by atoms with E-state index in [0.717, 1.165) is 24.9 Å². The van der Waals surface area contributed by atoms with Crippen molar-refractivity contribution in [2.24, 2.45) is 0 Å². The molecule has 1 atom stereocenters. The minimum Gasteiger partial charge on any atom is -0.369 e. The Hall–Kier alpha value is -1.72. The zero-order valence-corrected chi connectivity index (χ0v) is 11.3. The number of hydrogen-bond acceptors (Lipinski definition) is 5. The second kappa shape index (κ2) is 7.01. The highest BCUT2D eigenvalue weighted by Crippen LogP contribution is 2.22. The van der Waals surface area contributed by atoms with Crippen LogP contribution in [0, 0.1) is 0 Å².